The highest BCUT2D eigenvalue weighted by atomic mass is 35.5. The highest BCUT2D eigenvalue weighted by Crippen LogP contribution is 2.29. The van der Waals surface area contributed by atoms with Gasteiger partial charge >= 0.3 is 0 Å². The van der Waals surface area contributed by atoms with Crippen molar-refractivity contribution in [1.82, 2.24) is 9.97 Å². The number of anilines is 1. The van der Waals surface area contributed by atoms with Gasteiger partial charge in [0.05, 0.1) is 5.52 Å². The summed E-state index contributed by atoms with van der Waals surface area (Å²) in [6.45, 7) is 4.24. The Morgan fingerprint density at radius 1 is 1.11 bits per heavy atom. The number of piperidine rings is 1. The Bertz CT molecular complexity index is 577. The van der Waals surface area contributed by atoms with Crippen molar-refractivity contribution >= 4 is 28.3 Å². The van der Waals surface area contributed by atoms with Crippen molar-refractivity contribution in [3.63, 3.8) is 0 Å². The minimum Gasteiger partial charge on any atom is -0.356 e. The first-order valence-electron chi connectivity index (χ1n) is 6.43. The summed E-state index contributed by atoms with van der Waals surface area (Å²) >= 11 is 6.05. The van der Waals surface area contributed by atoms with Crippen LogP contribution in [-0.2, 0) is 0 Å². The van der Waals surface area contributed by atoms with Gasteiger partial charge in [0.2, 0.25) is 5.28 Å². The maximum absolute atomic E-state index is 6.05. The molecule has 0 saturated carbocycles. The highest BCUT2D eigenvalue weighted by Gasteiger charge is 2.17. The molecule has 0 N–H and O–H groups in total. The maximum atomic E-state index is 6.05. The summed E-state index contributed by atoms with van der Waals surface area (Å²) in [4.78, 5) is 11.1. The van der Waals surface area contributed by atoms with Crippen molar-refractivity contribution in [2.24, 2.45) is 0 Å². The molecule has 1 aromatic heterocycles. The van der Waals surface area contributed by atoms with Crippen molar-refractivity contribution in [3.8, 4) is 0 Å². The first-order chi connectivity index (χ1) is 8.75. The van der Waals surface area contributed by atoms with Crippen molar-refractivity contribution in [1.29, 1.82) is 0 Å². The molecule has 0 aliphatic carbocycles. The third-order valence-corrected chi connectivity index (χ3v) is 3.71. The van der Waals surface area contributed by atoms with Crippen LogP contribution in [0.25, 0.3) is 10.9 Å². The van der Waals surface area contributed by atoms with Gasteiger partial charge in [-0.15, -0.1) is 0 Å². The second-order valence-electron chi connectivity index (χ2n) is 4.83. The zero-order chi connectivity index (χ0) is 12.5. The van der Waals surface area contributed by atoms with Crippen LogP contribution in [0.3, 0.4) is 0 Å². The largest absolute Gasteiger partial charge is 0.356 e. The van der Waals surface area contributed by atoms with Gasteiger partial charge in [0.25, 0.3) is 0 Å². The normalized spacial score (nSPS) is 16.2. The van der Waals surface area contributed by atoms with E-state index in [1.165, 1.54) is 24.8 Å². The molecule has 2 heterocycles. The molecule has 3 rings (SSSR count). The molecule has 0 radical (unpaired) electrons. The maximum Gasteiger partial charge on any atom is 0.224 e. The van der Waals surface area contributed by atoms with Gasteiger partial charge in [0.1, 0.15) is 5.82 Å². The Morgan fingerprint density at radius 2 is 1.89 bits per heavy atom. The molecule has 18 heavy (non-hydrogen) atoms. The summed E-state index contributed by atoms with van der Waals surface area (Å²) in [7, 11) is 0. The molecule has 4 heteroatoms. The molecule has 1 aromatic carbocycles. The number of aryl methyl sites for hydroxylation is 1. The zero-order valence-electron chi connectivity index (χ0n) is 10.5. The Hall–Kier alpha value is -1.35. The van der Waals surface area contributed by atoms with E-state index in [2.05, 4.69) is 27.9 Å². The van der Waals surface area contributed by atoms with Crippen LogP contribution >= 0.6 is 11.6 Å². The quantitative estimate of drug-likeness (QED) is 0.735. The Kier molecular flexibility index (Phi) is 3.08. The molecule has 1 aliphatic rings. The van der Waals surface area contributed by atoms with E-state index < -0.39 is 0 Å². The molecule has 0 spiro atoms. The number of benzene rings is 1. The molecule has 0 bridgehead atoms. The number of hydrogen-bond acceptors (Lipinski definition) is 3. The monoisotopic (exact) mass is 261 g/mol. The first kappa shape index (κ1) is 11.7. The fourth-order valence-electron chi connectivity index (χ4n) is 2.64. The van der Waals surface area contributed by atoms with E-state index in [1.807, 2.05) is 12.1 Å². The third-order valence-electron chi connectivity index (χ3n) is 3.54. The molecule has 1 saturated heterocycles. The van der Waals surface area contributed by atoms with Crippen LogP contribution in [0, 0.1) is 6.92 Å². The summed E-state index contributed by atoms with van der Waals surface area (Å²) in [5, 5.41) is 1.48. The van der Waals surface area contributed by atoms with Crippen LogP contribution in [-0.4, -0.2) is 23.1 Å². The van der Waals surface area contributed by atoms with Crippen LogP contribution in [0.2, 0.25) is 5.28 Å². The lowest BCUT2D eigenvalue weighted by Gasteiger charge is -2.29. The number of hydrogen-bond donors (Lipinski definition) is 0. The van der Waals surface area contributed by atoms with E-state index in [9.17, 15) is 0 Å². The van der Waals surface area contributed by atoms with Gasteiger partial charge in [-0.2, -0.15) is 4.98 Å². The van der Waals surface area contributed by atoms with Crippen LogP contribution < -0.4 is 4.90 Å². The average molecular weight is 262 g/mol. The standard InChI is InChI=1S/C14H16ClN3/c1-10-6-5-7-11-12(10)13(17-14(15)16-11)18-8-3-2-4-9-18/h5-7H,2-4,8-9H2,1H3. The van der Waals surface area contributed by atoms with Gasteiger partial charge in [-0.05, 0) is 49.4 Å². The molecule has 1 fully saturated rings. The second-order valence-corrected chi connectivity index (χ2v) is 5.17. The molecule has 0 amide bonds. The number of rotatable bonds is 1. The predicted octanol–water partition coefficient (Wildman–Crippen LogP) is 3.58. The molecule has 1 aliphatic heterocycles. The lowest BCUT2D eigenvalue weighted by molar-refractivity contribution is 0.574. The molecular weight excluding hydrogens is 246 g/mol. The summed E-state index contributed by atoms with van der Waals surface area (Å²) in [6.07, 6.45) is 3.77. The number of fused-ring (bicyclic) bond motifs is 1. The van der Waals surface area contributed by atoms with Gasteiger partial charge in [-0.3, -0.25) is 0 Å². The van der Waals surface area contributed by atoms with E-state index in [4.69, 9.17) is 11.6 Å². The second kappa shape index (κ2) is 4.73. The first-order valence-corrected chi connectivity index (χ1v) is 6.81. The molecule has 0 unspecified atom stereocenters. The zero-order valence-corrected chi connectivity index (χ0v) is 11.2. The average Bonchev–Trinajstić information content (AvgIpc) is 2.39. The van der Waals surface area contributed by atoms with Gasteiger partial charge in [-0.25, -0.2) is 4.98 Å². The summed E-state index contributed by atoms with van der Waals surface area (Å²) in [6, 6.07) is 6.12. The predicted molar refractivity (Wildman–Crippen MR) is 75.3 cm³/mol. The van der Waals surface area contributed by atoms with Gasteiger partial charge in [0, 0.05) is 18.5 Å². The van der Waals surface area contributed by atoms with Crippen LogP contribution in [0.1, 0.15) is 24.8 Å². The summed E-state index contributed by atoms with van der Waals surface area (Å²) in [5.74, 6) is 1.00. The van der Waals surface area contributed by atoms with E-state index in [0.717, 1.165) is 29.8 Å². The van der Waals surface area contributed by atoms with Gasteiger partial charge in [0.15, 0.2) is 0 Å². The molecule has 2 aromatic rings. The van der Waals surface area contributed by atoms with Crippen LogP contribution in [0.15, 0.2) is 18.2 Å². The molecule has 3 nitrogen and oxygen atoms in total. The minimum absolute atomic E-state index is 0.341. The van der Waals surface area contributed by atoms with E-state index >= 15 is 0 Å². The fourth-order valence-corrected chi connectivity index (χ4v) is 2.81. The fraction of sp³-hybridized carbons (Fsp3) is 0.429. The highest BCUT2D eigenvalue weighted by molar-refractivity contribution is 6.28. The lowest BCUT2D eigenvalue weighted by Crippen LogP contribution is -2.30. The molecular formula is C14H16ClN3. The molecule has 94 valence electrons. The van der Waals surface area contributed by atoms with Gasteiger partial charge in [-0.1, -0.05) is 12.1 Å². The number of aromatic nitrogens is 2. The SMILES string of the molecule is Cc1cccc2nc(Cl)nc(N3CCCCC3)c12. The molecule has 0 atom stereocenters. The summed E-state index contributed by atoms with van der Waals surface area (Å²) in [5.41, 5.74) is 2.15. The van der Waals surface area contributed by atoms with Crippen LogP contribution in [0.4, 0.5) is 5.82 Å². The summed E-state index contributed by atoms with van der Waals surface area (Å²) < 4.78 is 0. The Morgan fingerprint density at radius 3 is 2.67 bits per heavy atom. The number of halogens is 1. The third kappa shape index (κ3) is 2.03. The Balaban J connectivity index is 2.19. The lowest BCUT2D eigenvalue weighted by atomic mass is 10.1. The van der Waals surface area contributed by atoms with Crippen molar-refractivity contribution in [2.75, 3.05) is 18.0 Å². The van der Waals surface area contributed by atoms with Crippen molar-refractivity contribution in [2.45, 2.75) is 26.2 Å². The van der Waals surface area contributed by atoms with Gasteiger partial charge < -0.3 is 4.90 Å². The van der Waals surface area contributed by atoms with E-state index in [1.54, 1.807) is 0 Å². The van der Waals surface area contributed by atoms with Crippen molar-refractivity contribution in [3.05, 3.63) is 29.0 Å². The Labute approximate surface area is 112 Å². The number of nitrogens with zero attached hydrogens (tertiary/aromatic N) is 3. The van der Waals surface area contributed by atoms with Crippen molar-refractivity contribution < 1.29 is 0 Å². The minimum atomic E-state index is 0.341. The van der Waals surface area contributed by atoms with Crippen LogP contribution in [0.5, 0.6) is 0 Å². The van der Waals surface area contributed by atoms with E-state index in [0.29, 0.717) is 5.28 Å². The topological polar surface area (TPSA) is 29.0 Å². The smallest absolute Gasteiger partial charge is 0.224 e. The van der Waals surface area contributed by atoms with E-state index in [-0.39, 0.29) is 0 Å².